The first-order valence-corrected chi connectivity index (χ1v) is 14.3. The molecule has 2 nitrogen and oxygen atoms in total. The van der Waals surface area contributed by atoms with Gasteiger partial charge in [-0.05, 0) is 103 Å². The van der Waals surface area contributed by atoms with E-state index in [9.17, 15) is 0 Å². The molecule has 0 aromatic heterocycles. The van der Waals surface area contributed by atoms with Crippen molar-refractivity contribution in [2.24, 2.45) is 0 Å². The van der Waals surface area contributed by atoms with Crippen molar-refractivity contribution >= 4 is 40.2 Å². The maximum absolute atomic E-state index is 3.97. The van der Waals surface area contributed by atoms with E-state index in [1.165, 1.54) is 22.3 Å². The normalized spacial score (nSPS) is 10.7. The van der Waals surface area contributed by atoms with Crippen LogP contribution in [0.15, 0.2) is 158 Å². The minimum Gasteiger partial charge on any atom is -0.311 e. The minimum atomic E-state index is 1.09. The Morgan fingerprint density at radius 3 is 1.24 bits per heavy atom. The Balaban J connectivity index is 1.32. The second-order valence-electron chi connectivity index (χ2n) is 10.6. The molecule has 6 aromatic carbocycles. The van der Waals surface area contributed by atoms with E-state index in [1.807, 2.05) is 6.08 Å². The minimum absolute atomic E-state index is 1.09. The van der Waals surface area contributed by atoms with Crippen LogP contribution in [-0.2, 0) is 0 Å². The highest BCUT2D eigenvalue weighted by Gasteiger charge is 2.14. The number of anilines is 6. The van der Waals surface area contributed by atoms with E-state index in [0.717, 1.165) is 39.7 Å². The fraction of sp³-hybridized carbons (Fsp3) is 0.0500. The molecular formula is C40H34N2. The van der Waals surface area contributed by atoms with Crippen LogP contribution in [0.2, 0.25) is 0 Å². The van der Waals surface area contributed by atoms with Crippen LogP contribution < -0.4 is 9.80 Å². The zero-order valence-corrected chi connectivity index (χ0v) is 24.1. The molecule has 6 rings (SSSR count). The van der Waals surface area contributed by atoms with E-state index in [2.05, 4.69) is 182 Å². The third kappa shape index (κ3) is 5.75. The molecule has 0 spiro atoms. The fourth-order valence-corrected chi connectivity index (χ4v) is 5.26. The first kappa shape index (κ1) is 26.9. The molecule has 0 N–H and O–H groups in total. The molecule has 0 unspecified atom stereocenters. The summed E-state index contributed by atoms with van der Waals surface area (Å²) in [5.74, 6) is 0. The zero-order chi connectivity index (χ0) is 28.9. The first-order chi connectivity index (χ1) is 20.6. The summed E-state index contributed by atoms with van der Waals surface area (Å²) in [7, 11) is 0. The molecule has 6 aromatic rings. The van der Waals surface area contributed by atoms with Crippen LogP contribution in [-0.4, -0.2) is 0 Å². The van der Waals surface area contributed by atoms with Crippen LogP contribution in [0.3, 0.4) is 0 Å². The van der Waals surface area contributed by atoms with Gasteiger partial charge in [-0.2, -0.15) is 0 Å². The van der Waals surface area contributed by atoms with Crippen LogP contribution in [0.25, 0.3) is 17.2 Å². The fourth-order valence-electron chi connectivity index (χ4n) is 5.26. The standard InChI is InChI=1S/C40H34N2/c1-4-32-9-8-12-40(29-32)42(37-23-15-31(3)16-24-37)39-27-19-34(20-28-39)33-17-25-38(26-18-33)41(35-10-6-5-7-11-35)36-21-13-30(2)14-22-36/h4-29H,1H2,2-3H3. The number of aryl methyl sites for hydroxylation is 2. The first-order valence-electron chi connectivity index (χ1n) is 14.3. The number of para-hydroxylation sites is 1. The van der Waals surface area contributed by atoms with Crippen LogP contribution in [0, 0.1) is 13.8 Å². The quantitative estimate of drug-likeness (QED) is 0.189. The van der Waals surface area contributed by atoms with Crippen LogP contribution in [0.4, 0.5) is 34.1 Å². The molecule has 0 atom stereocenters. The van der Waals surface area contributed by atoms with Crippen molar-refractivity contribution < 1.29 is 0 Å². The smallest absolute Gasteiger partial charge is 0.0467 e. The molecular weight excluding hydrogens is 508 g/mol. The molecule has 0 radical (unpaired) electrons. The molecule has 0 aliphatic rings. The summed E-state index contributed by atoms with van der Waals surface area (Å²) < 4.78 is 0. The third-order valence-electron chi connectivity index (χ3n) is 7.55. The number of nitrogens with zero attached hydrogens (tertiary/aromatic N) is 2. The van der Waals surface area contributed by atoms with Gasteiger partial charge in [0, 0.05) is 34.1 Å². The van der Waals surface area contributed by atoms with E-state index in [0.29, 0.717) is 0 Å². The van der Waals surface area contributed by atoms with Gasteiger partial charge in [0.25, 0.3) is 0 Å². The molecule has 0 saturated carbocycles. The summed E-state index contributed by atoms with van der Waals surface area (Å²) in [6.07, 6.45) is 1.89. The molecule has 0 fully saturated rings. The molecule has 0 aliphatic carbocycles. The van der Waals surface area contributed by atoms with Crippen molar-refractivity contribution in [1.82, 2.24) is 0 Å². The lowest BCUT2D eigenvalue weighted by molar-refractivity contribution is 1.27. The van der Waals surface area contributed by atoms with E-state index >= 15 is 0 Å². The van der Waals surface area contributed by atoms with Crippen LogP contribution >= 0.6 is 0 Å². The summed E-state index contributed by atoms with van der Waals surface area (Å²) >= 11 is 0. The molecule has 0 bridgehead atoms. The number of hydrogen-bond acceptors (Lipinski definition) is 2. The van der Waals surface area contributed by atoms with Gasteiger partial charge in [0.2, 0.25) is 0 Å². The Labute approximate surface area is 249 Å². The van der Waals surface area contributed by atoms with E-state index < -0.39 is 0 Å². The van der Waals surface area contributed by atoms with E-state index in [4.69, 9.17) is 0 Å². The molecule has 0 saturated heterocycles. The van der Waals surface area contributed by atoms with Gasteiger partial charge >= 0.3 is 0 Å². The average Bonchev–Trinajstić information content (AvgIpc) is 3.04. The third-order valence-corrected chi connectivity index (χ3v) is 7.55. The summed E-state index contributed by atoms with van der Waals surface area (Å²) in [6.45, 7) is 8.20. The maximum atomic E-state index is 3.97. The Morgan fingerprint density at radius 1 is 0.405 bits per heavy atom. The van der Waals surface area contributed by atoms with Gasteiger partial charge in [0.15, 0.2) is 0 Å². The van der Waals surface area contributed by atoms with Gasteiger partial charge in [-0.3, -0.25) is 0 Å². The Kier molecular flexibility index (Phi) is 7.70. The van der Waals surface area contributed by atoms with Gasteiger partial charge < -0.3 is 9.80 Å². The Hall–Kier alpha value is -5.34. The monoisotopic (exact) mass is 542 g/mol. The summed E-state index contributed by atoms with van der Waals surface area (Å²) in [4.78, 5) is 4.59. The van der Waals surface area contributed by atoms with Crippen molar-refractivity contribution in [1.29, 1.82) is 0 Å². The van der Waals surface area contributed by atoms with Crippen LogP contribution in [0.5, 0.6) is 0 Å². The lowest BCUT2D eigenvalue weighted by Crippen LogP contribution is -2.10. The highest BCUT2D eigenvalue weighted by Crippen LogP contribution is 2.38. The van der Waals surface area contributed by atoms with Crippen molar-refractivity contribution in [3.8, 4) is 11.1 Å². The summed E-state index contributed by atoms with van der Waals surface area (Å²) in [6, 6.07) is 54.0. The second kappa shape index (κ2) is 12.0. The Bertz CT molecular complexity index is 1770. The van der Waals surface area contributed by atoms with Gasteiger partial charge in [-0.15, -0.1) is 0 Å². The number of rotatable bonds is 8. The zero-order valence-electron chi connectivity index (χ0n) is 24.1. The van der Waals surface area contributed by atoms with Crippen molar-refractivity contribution in [3.63, 3.8) is 0 Å². The molecule has 0 amide bonds. The predicted molar refractivity (Wildman–Crippen MR) is 181 cm³/mol. The summed E-state index contributed by atoms with van der Waals surface area (Å²) in [5, 5.41) is 0. The molecule has 42 heavy (non-hydrogen) atoms. The van der Waals surface area contributed by atoms with Crippen molar-refractivity contribution in [2.75, 3.05) is 9.80 Å². The van der Waals surface area contributed by atoms with Crippen LogP contribution in [0.1, 0.15) is 16.7 Å². The van der Waals surface area contributed by atoms with Gasteiger partial charge in [0.1, 0.15) is 0 Å². The molecule has 2 heteroatoms. The lowest BCUT2D eigenvalue weighted by atomic mass is 10.0. The van der Waals surface area contributed by atoms with Gasteiger partial charge in [-0.1, -0.05) is 103 Å². The maximum Gasteiger partial charge on any atom is 0.0467 e. The molecule has 204 valence electrons. The van der Waals surface area contributed by atoms with Crippen molar-refractivity contribution in [3.05, 3.63) is 175 Å². The largest absolute Gasteiger partial charge is 0.311 e. The van der Waals surface area contributed by atoms with E-state index in [-0.39, 0.29) is 0 Å². The summed E-state index contributed by atoms with van der Waals surface area (Å²) in [5.41, 5.74) is 12.7. The second-order valence-corrected chi connectivity index (χ2v) is 10.6. The highest BCUT2D eigenvalue weighted by molar-refractivity contribution is 5.81. The number of hydrogen-bond donors (Lipinski definition) is 0. The topological polar surface area (TPSA) is 6.48 Å². The lowest BCUT2D eigenvalue weighted by Gasteiger charge is -2.26. The van der Waals surface area contributed by atoms with E-state index in [1.54, 1.807) is 0 Å². The number of benzene rings is 6. The predicted octanol–water partition coefficient (Wildman–Crippen LogP) is 11.6. The van der Waals surface area contributed by atoms with Crippen molar-refractivity contribution in [2.45, 2.75) is 13.8 Å². The molecule has 0 heterocycles. The average molecular weight is 543 g/mol. The highest BCUT2D eigenvalue weighted by atomic mass is 15.1. The van der Waals surface area contributed by atoms with Gasteiger partial charge in [0.05, 0.1) is 0 Å². The SMILES string of the molecule is C=Cc1cccc(N(c2ccc(C)cc2)c2ccc(-c3ccc(N(c4ccccc4)c4ccc(C)cc4)cc3)cc2)c1. The van der Waals surface area contributed by atoms with Gasteiger partial charge in [-0.25, -0.2) is 0 Å². The molecule has 0 aliphatic heterocycles. The Morgan fingerprint density at radius 2 is 0.786 bits per heavy atom.